The summed E-state index contributed by atoms with van der Waals surface area (Å²) in [5, 5.41) is 0. The summed E-state index contributed by atoms with van der Waals surface area (Å²) in [6.45, 7) is 11.2. The molecule has 1 saturated heterocycles. The predicted molar refractivity (Wildman–Crippen MR) is 74.7 cm³/mol. The van der Waals surface area contributed by atoms with E-state index in [1.54, 1.807) is 0 Å². The van der Waals surface area contributed by atoms with Crippen molar-refractivity contribution in [3.63, 3.8) is 0 Å². The quantitative estimate of drug-likeness (QED) is 0.450. The molecule has 0 aromatic heterocycles. The highest BCUT2D eigenvalue weighted by Crippen LogP contribution is 2.24. The molecule has 0 aliphatic carbocycles. The zero-order chi connectivity index (χ0) is 12.9. The summed E-state index contributed by atoms with van der Waals surface area (Å²) in [5.74, 6) is 5.73. The van der Waals surface area contributed by atoms with Crippen LogP contribution in [0.5, 0.6) is 0 Å². The largest absolute Gasteiger partial charge is 0.296 e. The molecule has 1 heterocycles. The summed E-state index contributed by atoms with van der Waals surface area (Å²) in [5.41, 5.74) is 4.37. The normalized spacial score (nSPS) is 20.8. The number of rotatable bonds is 4. The van der Waals surface area contributed by atoms with E-state index in [-0.39, 0.29) is 11.6 Å². The molecular weight excluding hydrogens is 210 g/mol. The van der Waals surface area contributed by atoms with Gasteiger partial charge in [-0.25, -0.2) is 0 Å². The highest BCUT2D eigenvalue weighted by molar-refractivity contribution is 5.09. The van der Waals surface area contributed by atoms with E-state index < -0.39 is 0 Å². The van der Waals surface area contributed by atoms with Crippen molar-refractivity contribution in [1.29, 1.82) is 0 Å². The van der Waals surface area contributed by atoms with Crippen LogP contribution >= 0.6 is 0 Å². The summed E-state index contributed by atoms with van der Waals surface area (Å²) < 4.78 is 0. The van der Waals surface area contributed by atoms with Gasteiger partial charge in [-0.3, -0.25) is 16.2 Å². The number of hydrazine groups is 1. The first-order chi connectivity index (χ1) is 7.98. The van der Waals surface area contributed by atoms with Gasteiger partial charge in [0.2, 0.25) is 0 Å². The van der Waals surface area contributed by atoms with Crippen molar-refractivity contribution < 1.29 is 0 Å². The molecule has 1 rings (SSSR count). The number of likely N-dealkylation sites (tertiary alicyclic amines) is 1. The Morgan fingerprint density at radius 3 is 2.12 bits per heavy atom. The van der Waals surface area contributed by atoms with Gasteiger partial charge < -0.3 is 0 Å². The van der Waals surface area contributed by atoms with Crippen LogP contribution < -0.4 is 11.3 Å². The van der Waals surface area contributed by atoms with Crippen LogP contribution in [0.2, 0.25) is 0 Å². The van der Waals surface area contributed by atoms with Crippen molar-refractivity contribution in [1.82, 2.24) is 10.3 Å². The summed E-state index contributed by atoms with van der Waals surface area (Å²) in [6, 6.07) is 0.214. The second-order valence-corrected chi connectivity index (χ2v) is 5.94. The summed E-state index contributed by atoms with van der Waals surface area (Å²) in [7, 11) is 0. The maximum absolute atomic E-state index is 5.73. The van der Waals surface area contributed by atoms with Gasteiger partial charge in [0.25, 0.3) is 0 Å². The van der Waals surface area contributed by atoms with Crippen LogP contribution in [0.4, 0.5) is 0 Å². The van der Waals surface area contributed by atoms with E-state index in [0.29, 0.717) is 0 Å². The molecule has 0 bridgehead atoms. The van der Waals surface area contributed by atoms with Crippen LogP contribution in [0.15, 0.2) is 11.6 Å². The van der Waals surface area contributed by atoms with Crippen molar-refractivity contribution in [2.24, 2.45) is 5.84 Å². The van der Waals surface area contributed by atoms with E-state index in [9.17, 15) is 0 Å². The lowest BCUT2D eigenvalue weighted by molar-refractivity contribution is 0.0995. The van der Waals surface area contributed by atoms with E-state index in [0.717, 1.165) is 0 Å². The molecule has 3 N–H and O–H groups in total. The zero-order valence-electron chi connectivity index (χ0n) is 11.9. The number of hydrogen-bond donors (Lipinski definition) is 2. The van der Waals surface area contributed by atoms with Gasteiger partial charge in [0.15, 0.2) is 0 Å². The highest BCUT2D eigenvalue weighted by Gasteiger charge is 2.33. The van der Waals surface area contributed by atoms with Gasteiger partial charge in [-0.2, -0.15) is 0 Å². The van der Waals surface area contributed by atoms with Gasteiger partial charge in [0.05, 0.1) is 6.04 Å². The molecule has 0 radical (unpaired) electrons. The molecule has 0 saturated carbocycles. The van der Waals surface area contributed by atoms with Gasteiger partial charge in [0, 0.05) is 5.54 Å². The van der Waals surface area contributed by atoms with Gasteiger partial charge in [0.1, 0.15) is 0 Å². The van der Waals surface area contributed by atoms with Crippen molar-refractivity contribution >= 4 is 0 Å². The molecule has 17 heavy (non-hydrogen) atoms. The van der Waals surface area contributed by atoms with Crippen LogP contribution in [0.25, 0.3) is 0 Å². The molecule has 0 spiro atoms. The van der Waals surface area contributed by atoms with Gasteiger partial charge in [-0.15, -0.1) is 0 Å². The molecule has 3 heteroatoms. The topological polar surface area (TPSA) is 41.3 Å². The minimum absolute atomic E-state index is 0.0797. The van der Waals surface area contributed by atoms with Gasteiger partial charge in [-0.05, 0) is 53.6 Å². The van der Waals surface area contributed by atoms with Crippen LogP contribution in [0, 0.1) is 0 Å². The highest BCUT2D eigenvalue weighted by atomic mass is 15.3. The Morgan fingerprint density at radius 2 is 1.71 bits per heavy atom. The Labute approximate surface area is 106 Å². The zero-order valence-corrected chi connectivity index (χ0v) is 11.9. The summed E-state index contributed by atoms with van der Waals surface area (Å²) in [4.78, 5) is 2.59. The Kier molecular flexibility index (Phi) is 5.63. The average molecular weight is 239 g/mol. The number of hydrogen-bond acceptors (Lipinski definition) is 3. The van der Waals surface area contributed by atoms with E-state index >= 15 is 0 Å². The Bertz CT molecular complexity index is 246. The average Bonchev–Trinajstić information content (AvgIpc) is 2.54. The van der Waals surface area contributed by atoms with E-state index in [4.69, 9.17) is 5.84 Å². The minimum Gasteiger partial charge on any atom is -0.296 e. The lowest BCUT2D eigenvalue weighted by Crippen LogP contribution is -2.59. The minimum atomic E-state index is 0.0797. The summed E-state index contributed by atoms with van der Waals surface area (Å²) in [6.07, 6.45) is 7.61. The lowest BCUT2D eigenvalue weighted by atomic mass is 9.91. The molecule has 0 aromatic carbocycles. The van der Waals surface area contributed by atoms with E-state index in [1.165, 1.54) is 44.3 Å². The second kappa shape index (κ2) is 6.53. The molecule has 3 nitrogen and oxygen atoms in total. The standard InChI is InChI=1S/C14H29N3/c1-12(2)11-13(16-15)14(3,4)17-9-7-5-6-8-10-17/h11,13,16H,5-10,15H2,1-4H3. The Morgan fingerprint density at radius 1 is 1.18 bits per heavy atom. The van der Waals surface area contributed by atoms with Gasteiger partial charge in [-0.1, -0.05) is 24.5 Å². The first-order valence-electron chi connectivity index (χ1n) is 6.84. The fraction of sp³-hybridized carbons (Fsp3) is 0.857. The molecule has 0 amide bonds. The maximum Gasteiger partial charge on any atom is 0.0571 e. The summed E-state index contributed by atoms with van der Waals surface area (Å²) >= 11 is 0. The third-order valence-corrected chi connectivity index (χ3v) is 3.86. The van der Waals surface area contributed by atoms with Crippen molar-refractivity contribution in [2.75, 3.05) is 13.1 Å². The molecule has 1 fully saturated rings. The third kappa shape index (κ3) is 4.09. The van der Waals surface area contributed by atoms with Crippen LogP contribution in [-0.2, 0) is 0 Å². The molecule has 0 aromatic rings. The Balaban J connectivity index is 2.78. The van der Waals surface area contributed by atoms with Crippen molar-refractivity contribution in [2.45, 2.75) is 65.0 Å². The number of nitrogens with one attached hydrogen (secondary N) is 1. The lowest BCUT2D eigenvalue weighted by Gasteiger charge is -2.42. The maximum atomic E-state index is 5.73. The molecule has 100 valence electrons. The van der Waals surface area contributed by atoms with E-state index in [2.05, 4.69) is 44.1 Å². The fourth-order valence-electron chi connectivity index (χ4n) is 2.63. The molecule has 1 aliphatic heterocycles. The number of nitrogens with two attached hydrogens (primary N) is 1. The molecular formula is C14H29N3. The molecule has 1 aliphatic rings. The van der Waals surface area contributed by atoms with Crippen LogP contribution in [-0.4, -0.2) is 29.6 Å². The van der Waals surface area contributed by atoms with Crippen LogP contribution in [0.1, 0.15) is 53.4 Å². The fourth-order valence-corrected chi connectivity index (χ4v) is 2.63. The predicted octanol–water partition coefficient (Wildman–Crippen LogP) is 2.44. The van der Waals surface area contributed by atoms with E-state index in [1.807, 2.05) is 0 Å². The Hall–Kier alpha value is -0.380. The van der Waals surface area contributed by atoms with Crippen molar-refractivity contribution in [3.8, 4) is 0 Å². The molecule has 1 atom stereocenters. The molecule has 1 unspecified atom stereocenters. The number of allylic oxidation sites excluding steroid dienone is 1. The first kappa shape index (κ1) is 14.7. The van der Waals surface area contributed by atoms with Crippen LogP contribution in [0.3, 0.4) is 0 Å². The third-order valence-electron chi connectivity index (χ3n) is 3.86. The smallest absolute Gasteiger partial charge is 0.0571 e. The first-order valence-corrected chi connectivity index (χ1v) is 6.84. The monoisotopic (exact) mass is 239 g/mol. The number of nitrogens with zero attached hydrogens (tertiary/aromatic N) is 1. The second-order valence-electron chi connectivity index (χ2n) is 5.94. The SMILES string of the molecule is CC(C)=CC(NN)C(C)(C)N1CCCCCC1. The van der Waals surface area contributed by atoms with Crippen molar-refractivity contribution in [3.05, 3.63) is 11.6 Å². The van der Waals surface area contributed by atoms with Gasteiger partial charge >= 0.3 is 0 Å².